The monoisotopic (exact) mass is 235 g/mol. The van der Waals surface area contributed by atoms with Gasteiger partial charge in [-0.05, 0) is 30.4 Å². The van der Waals surface area contributed by atoms with E-state index in [1.54, 1.807) is 6.07 Å². The highest BCUT2D eigenvalue weighted by Gasteiger charge is 2.29. The topological polar surface area (TPSA) is 66.3 Å². The molecule has 0 radical (unpaired) electrons. The van der Waals surface area contributed by atoms with Gasteiger partial charge in [0.2, 0.25) is 0 Å². The zero-order chi connectivity index (χ0) is 12.3. The van der Waals surface area contributed by atoms with E-state index in [-0.39, 0.29) is 12.0 Å². The largest absolute Gasteiger partial charge is 0.396 e. The summed E-state index contributed by atoms with van der Waals surface area (Å²) >= 11 is 0. The summed E-state index contributed by atoms with van der Waals surface area (Å²) in [6.07, 6.45) is 2.58. The van der Waals surface area contributed by atoms with E-state index >= 15 is 0 Å². The van der Waals surface area contributed by atoms with Crippen molar-refractivity contribution in [2.75, 3.05) is 24.6 Å². The van der Waals surface area contributed by atoms with Crippen LogP contribution in [-0.4, -0.2) is 41.3 Å². The first kappa shape index (κ1) is 12.0. The average Bonchev–Trinajstić information content (AvgIpc) is 2.40. The molecule has 1 saturated heterocycles. The van der Waals surface area contributed by atoms with Crippen molar-refractivity contribution < 1.29 is 9.90 Å². The molecule has 17 heavy (non-hydrogen) atoms. The fourth-order valence-electron chi connectivity index (χ4n) is 2.00. The molecule has 0 bridgehead atoms. The molecule has 92 valence electrons. The van der Waals surface area contributed by atoms with Gasteiger partial charge in [-0.25, -0.2) is 0 Å². The Morgan fingerprint density at radius 1 is 1.41 bits per heavy atom. The van der Waals surface area contributed by atoms with Gasteiger partial charge in [0.15, 0.2) is 12.1 Å². The predicted molar refractivity (Wildman–Crippen MR) is 64.1 cm³/mol. The van der Waals surface area contributed by atoms with E-state index in [1.165, 1.54) is 0 Å². The normalized spacial score (nSPS) is 19.1. The van der Waals surface area contributed by atoms with E-state index in [1.807, 2.05) is 6.07 Å². The first-order valence-corrected chi connectivity index (χ1v) is 5.82. The number of nitrogens with zero attached hydrogens (tertiary/aromatic N) is 3. The van der Waals surface area contributed by atoms with Crippen molar-refractivity contribution in [1.29, 1.82) is 0 Å². The van der Waals surface area contributed by atoms with Crippen LogP contribution < -0.4 is 4.90 Å². The Bertz CT molecular complexity index is 383. The van der Waals surface area contributed by atoms with Crippen molar-refractivity contribution in [3.63, 3.8) is 0 Å². The number of carbonyl (C=O) groups excluding carboxylic acids is 1. The lowest BCUT2D eigenvalue weighted by molar-refractivity contribution is 0.111. The van der Waals surface area contributed by atoms with Gasteiger partial charge in [-0.1, -0.05) is 6.92 Å². The molecular formula is C12H17N3O2. The van der Waals surface area contributed by atoms with E-state index in [0.29, 0.717) is 12.0 Å². The maximum absolute atomic E-state index is 10.5. The highest BCUT2D eigenvalue weighted by molar-refractivity contribution is 5.71. The minimum atomic E-state index is 0.0344. The second-order valence-corrected chi connectivity index (χ2v) is 4.89. The molecule has 0 aromatic carbocycles. The lowest BCUT2D eigenvalue weighted by Gasteiger charge is -2.38. The van der Waals surface area contributed by atoms with Crippen molar-refractivity contribution >= 4 is 12.1 Å². The van der Waals surface area contributed by atoms with Gasteiger partial charge in [-0.15, -0.1) is 10.2 Å². The number of aldehydes is 1. The van der Waals surface area contributed by atoms with E-state index in [2.05, 4.69) is 22.0 Å². The Labute approximate surface area is 100 Å². The third-order valence-corrected chi connectivity index (χ3v) is 3.47. The third-order valence-electron chi connectivity index (χ3n) is 3.47. The number of rotatable bonds is 3. The molecule has 2 heterocycles. The smallest absolute Gasteiger partial charge is 0.170 e. The minimum absolute atomic E-state index is 0.0344. The summed E-state index contributed by atoms with van der Waals surface area (Å²) in [5.41, 5.74) is 0.387. The van der Waals surface area contributed by atoms with Crippen LogP contribution in [0, 0.1) is 5.41 Å². The van der Waals surface area contributed by atoms with Crippen LogP contribution in [0.3, 0.4) is 0 Å². The number of carbonyl (C=O) groups is 1. The summed E-state index contributed by atoms with van der Waals surface area (Å²) < 4.78 is 0. The van der Waals surface area contributed by atoms with Crippen molar-refractivity contribution in [2.24, 2.45) is 5.41 Å². The van der Waals surface area contributed by atoms with Crippen molar-refractivity contribution in [3.8, 4) is 0 Å². The van der Waals surface area contributed by atoms with Gasteiger partial charge in [-0.3, -0.25) is 4.79 Å². The van der Waals surface area contributed by atoms with Gasteiger partial charge in [0.1, 0.15) is 5.69 Å². The fourth-order valence-corrected chi connectivity index (χ4v) is 2.00. The molecule has 0 atom stereocenters. The molecule has 1 aliphatic rings. The van der Waals surface area contributed by atoms with Crippen LogP contribution in [-0.2, 0) is 0 Å². The number of aliphatic hydroxyl groups is 1. The van der Waals surface area contributed by atoms with Crippen LogP contribution in [0.1, 0.15) is 30.3 Å². The maximum atomic E-state index is 10.5. The molecule has 0 aliphatic carbocycles. The summed E-state index contributed by atoms with van der Waals surface area (Å²) in [6, 6.07) is 3.49. The summed E-state index contributed by atoms with van der Waals surface area (Å²) in [6.45, 7) is 4.07. The number of anilines is 1. The molecule has 1 fully saturated rings. The standard InChI is InChI=1S/C12H17N3O2/c1-12(9-17)4-6-15(7-5-12)11-3-2-10(8-16)13-14-11/h2-3,8,17H,4-7,9H2,1H3. The van der Waals surface area contributed by atoms with Gasteiger partial charge in [-0.2, -0.15) is 0 Å². The number of hydrogen-bond donors (Lipinski definition) is 1. The Hall–Kier alpha value is -1.49. The molecule has 5 nitrogen and oxygen atoms in total. The molecule has 1 aromatic heterocycles. The van der Waals surface area contributed by atoms with Crippen LogP contribution in [0.5, 0.6) is 0 Å². The minimum Gasteiger partial charge on any atom is -0.396 e. The number of piperidine rings is 1. The number of hydrogen-bond acceptors (Lipinski definition) is 5. The molecule has 0 spiro atoms. The zero-order valence-electron chi connectivity index (χ0n) is 9.96. The Kier molecular flexibility index (Phi) is 3.38. The van der Waals surface area contributed by atoms with Gasteiger partial charge in [0.25, 0.3) is 0 Å². The van der Waals surface area contributed by atoms with Crippen molar-refractivity contribution in [2.45, 2.75) is 19.8 Å². The molecule has 0 saturated carbocycles. The van der Waals surface area contributed by atoms with Crippen LogP contribution in [0.4, 0.5) is 5.82 Å². The van der Waals surface area contributed by atoms with Crippen LogP contribution in [0.25, 0.3) is 0 Å². The molecule has 0 unspecified atom stereocenters. The lowest BCUT2D eigenvalue weighted by Crippen LogP contribution is -2.40. The zero-order valence-corrected chi connectivity index (χ0v) is 9.96. The first-order chi connectivity index (χ1) is 8.17. The fraction of sp³-hybridized carbons (Fsp3) is 0.583. The van der Waals surface area contributed by atoms with Crippen molar-refractivity contribution in [1.82, 2.24) is 10.2 Å². The Balaban J connectivity index is 2.02. The second kappa shape index (κ2) is 4.79. The highest BCUT2D eigenvalue weighted by atomic mass is 16.3. The SMILES string of the molecule is CC1(CO)CCN(c2ccc(C=O)nn2)CC1. The predicted octanol–water partition coefficient (Wildman–Crippen LogP) is 0.888. The van der Waals surface area contributed by atoms with Crippen LogP contribution in [0.2, 0.25) is 0 Å². The molecule has 1 aromatic rings. The quantitative estimate of drug-likeness (QED) is 0.788. The highest BCUT2D eigenvalue weighted by Crippen LogP contribution is 2.31. The van der Waals surface area contributed by atoms with Gasteiger partial charge in [0, 0.05) is 19.7 Å². The summed E-state index contributed by atoms with van der Waals surface area (Å²) in [4.78, 5) is 12.6. The maximum Gasteiger partial charge on any atom is 0.170 e. The summed E-state index contributed by atoms with van der Waals surface area (Å²) in [5, 5.41) is 17.1. The second-order valence-electron chi connectivity index (χ2n) is 4.89. The van der Waals surface area contributed by atoms with E-state index < -0.39 is 0 Å². The van der Waals surface area contributed by atoms with Gasteiger partial charge >= 0.3 is 0 Å². The van der Waals surface area contributed by atoms with Crippen LogP contribution in [0.15, 0.2) is 12.1 Å². The summed E-state index contributed by atoms with van der Waals surface area (Å²) in [7, 11) is 0. The van der Waals surface area contributed by atoms with E-state index in [0.717, 1.165) is 31.7 Å². The molecular weight excluding hydrogens is 218 g/mol. The van der Waals surface area contributed by atoms with Gasteiger partial charge < -0.3 is 10.0 Å². The Morgan fingerprint density at radius 2 is 2.12 bits per heavy atom. The average molecular weight is 235 g/mol. The molecule has 0 amide bonds. The first-order valence-electron chi connectivity index (χ1n) is 5.82. The lowest BCUT2D eigenvalue weighted by atomic mass is 9.81. The van der Waals surface area contributed by atoms with Crippen LogP contribution >= 0.6 is 0 Å². The third kappa shape index (κ3) is 2.61. The Morgan fingerprint density at radius 3 is 2.59 bits per heavy atom. The van der Waals surface area contributed by atoms with E-state index in [9.17, 15) is 9.90 Å². The molecule has 1 N–H and O–H groups in total. The number of aliphatic hydroxyl groups excluding tert-OH is 1. The molecule has 1 aliphatic heterocycles. The molecule has 5 heteroatoms. The number of aromatic nitrogens is 2. The van der Waals surface area contributed by atoms with Crippen molar-refractivity contribution in [3.05, 3.63) is 17.8 Å². The van der Waals surface area contributed by atoms with Gasteiger partial charge in [0.05, 0.1) is 0 Å². The summed E-state index contributed by atoms with van der Waals surface area (Å²) in [5.74, 6) is 0.801. The molecule has 2 rings (SSSR count). The van der Waals surface area contributed by atoms with E-state index in [4.69, 9.17) is 0 Å².